The molecule has 116 valence electrons. The molecular formula is C18H20O4. The van der Waals surface area contributed by atoms with Gasteiger partial charge in [-0.3, -0.25) is 14.4 Å². The first kappa shape index (κ1) is 16.1. The highest BCUT2D eigenvalue weighted by molar-refractivity contribution is 6.31. The number of allylic oxidation sites excluding steroid dienone is 5. The number of aliphatic hydroxyl groups is 1. The van der Waals surface area contributed by atoms with Crippen molar-refractivity contribution in [1.82, 2.24) is 0 Å². The normalized spacial score (nSPS) is 31.2. The molecule has 2 aliphatic carbocycles. The molecular weight excluding hydrogens is 280 g/mol. The van der Waals surface area contributed by atoms with Crippen molar-refractivity contribution in [2.75, 3.05) is 0 Å². The van der Waals surface area contributed by atoms with Gasteiger partial charge in [0.25, 0.3) is 0 Å². The first-order valence-electron chi connectivity index (χ1n) is 7.19. The molecule has 0 aliphatic heterocycles. The Morgan fingerprint density at radius 2 is 1.68 bits per heavy atom. The Morgan fingerprint density at radius 1 is 1.18 bits per heavy atom. The molecule has 0 amide bonds. The van der Waals surface area contributed by atoms with E-state index in [1.165, 1.54) is 19.1 Å². The van der Waals surface area contributed by atoms with Crippen LogP contribution in [0.3, 0.4) is 0 Å². The third-order valence-corrected chi connectivity index (χ3v) is 4.66. The number of ketones is 3. The van der Waals surface area contributed by atoms with Crippen molar-refractivity contribution in [3.63, 3.8) is 0 Å². The largest absolute Gasteiger partial charge is 0.510 e. The van der Waals surface area contributed by atoms with Crippen LogP contribution >= 0.6 is 0 Å². The van der Waals surface area contributed by atoms with Crippen LogP contribution in [0.2, 0.25) is 0 Å². The molecule has 0 aromatic heterocycles. The summed E-state index contributed by atoms with van der Waals surface area (Å²) in [7, 11) is 0. The first-order valence-corrected chi connectivity index (χ1v) is 7.19. The van der Waals surface area contributed by atoms with Gasteiger partial charge >= 0.3 is 0 Å². The Bertz CT molecular complexity index is 652. The Hall–Kier alpha value is -2.23. The van der Waals surface area contributed by atoms with Crippen LogP contribution in [0.4, 0.5) is 0 Å². The van der Waals surface area contributed by atoms with Crippen LogP contribution in [0.25, 0.3) is 0 Å². The zero-order valence-electron chi connectivity index (χ0n) is 12.8. The number of carbonyl (C=O) groups excluding carboxylic acids is 3. The zero-order valence-corrected chi connectivity index (χ0v) is 12.8. The zero-order chi connectivity index (χ0) is 16.7. The van der Waals surface area contributed by atoms with Gasteiger partial charge in [0.15, 0.2) is 17.3 Å². The van der Waals surface area contributed by atoms with E-state index in [2.05, 4.69) is 19.7 Å². The van der Waals surface area contributed by atoms with Crippen molar-refractivity contribution >= 4 is 17.3 Å². The van der Waals surface area contributed by atoms with E-state index in [0.717, 1.165) is 0 Å². The molecule has 1 saturated carbocycles. The number of aliphatic hydroxyl groups excluding tert-OH is 1. The second-order valence-electron chi connectivity index (χ2n) is 6.19. The molecule has 0 aromatic rings. The molecule has 22 heavy (non-hydrogen) atoms. The van der Waals surface area contributed by atoms with Gasteiger partial charge in [-0.25, -0.2) is 0 Å². The van der Waals surface area contributed by atoms with Gasteiger partial charge in [-0.15, -0.1) is 13.2 Å². The van der Waals surface area contributed by atoms with E-state index in [0.29, 0.717) is 5.57 Å². The Kier molecular flexibility index (Phi) is 3.81. The van der Waals surface area contributed by atoms with Crippen LogP contribution in [-0.2, 0) is 14.4 Å². The van der Waals surface area contributed by atoms with Crippen LogP contribution in [0.15, 0.2) is 48.8 Å². The average Bonchev–Trinajstić information content (AvgIpc) is 2.42. The molecule has 2 unspecified atom stereocenters. The van der Waals surface area contributed by atoms with E-state index in [1.807, 2.05) is 0 Å². The number of hydrogen-bond acceptors (Lipinski definition) is 4. The smallest absolute Gasteiger partial charge is 0.184 e. The van der Waals surface area contributed by atoms with Gasteiger partial charge in [0.2, 0.25) is 0 Å². The SMILES string of the molecule is C=CCC12CC(=C)CC(CC=C)(C1=O)C(O)=C(C(C)=O)C2=O. The average molecular weight is 300 g/mol. The van der Waals surface area contributed by atoms with Crippen LogP contribution in [0.5, 0.6) is 0 Å². The van der Waals surface area contributed by atoms with Gasteiger partial charge in [0, 0.05) is 0 Å². The number of carbonyl (C=O) groups is 3. The second-order valence-corrected chi connectivity index (χ2v) is 6.19. The van der Waals surface area contributed by atoms with E-state index in [-0.39, 0.29) is 37.0 Å². The molecule has 0 radical (unpaired) electrons. The maximum absolute atomic E-state index is 13.1. The third kappa shape index (κ3) is 1.86. The van der Waals surface area contributed by atoms with Gasteiger partial charge in [0.1, 0.15) is 11.2 Å². The predicted octanol–water partition coefficient (Wildman–Crippen LogP) is 3.01. The van der Waals surface area contributed by atoms with Crippen molar-refractivity contribution in [2.24, 2.45) is 10.8 Å². The van der Waals surface area contributed by atoms with Crippen LogP contribution < -0.4 is 0 Å². The Balaban J connectivity index is 2.85. The minimum atomic E-state index is -1.37. The molecule has 1 N–H and O–H groups in total. The standard InChI is InChI=1S/C18H20O4/c1-5-7-17-9-11(3)10-18(8-6-2,16(17)22)15(21)13(12(4)19)14(17)20/h5-6,20H,1-3,7-10H2,4H3. The van der Waals surface area contributed by atoms with Crippen molar-refractivity contribution < 1.29 is 19.5 Å². The quantitative estimate of drug-likeness (QED) is 0.481. The molecule has 4 nitrogen and oxygen atoms in total. The Morgan fingerprint density at radius 3 is 2.18 bits per heavy atom. The fraction of sp³-hybridized carbons (Fsp3) is 0.389. The minimum absolute atomic E-state index is 0.132. The third-order valence-electron chi connectivity index (χ3n) is 4.66. The molecule has 2 atom stereocenters. The van der Waals surface area contributed by atoms with Crippen molar-refractivity contribution in [1.29, 1.82) is 0 Å². The summed E-state index contributed by atoms with van der Waals surface area (Å²) in [4.78, 5) is 37.8. The van der Waals surface area contributed by atoms with Gasteiger partial charge in [-0.2, -0.15) is 0 Å². The molecule has 4 heteroatoms. The van der Waals surface area contributed by atoms with Crippen molar-refractivity contribution in [2.45, 2.75) is 32.6 Å². The monoisotopic (exact) mass is 300 g/mol. The number of rotatable bonds is 5. The van der Waals surface area contributed by atoms with Gasteiger partial charge < -0.3 is 5.11 Å². The van der Waals surface area contributed by atoms with Crippen LogP contribution in [0, 0.1) is 10.8 Å². The van der Waals surface area contributed by atoms with E-state index in [1.54, 1.807) is 0 Å². The molecule has 0 heterocycles. The lowest BCUT2D eigenvalue weighted by Gasteiger charge is -2.49. The highest BCUT2D eigenvalue weighted by atomic mass is 16.3. The van der Waals surface area contributed by atoms with Crippen molar-refractivity contribution in [3.8, 4) is 0 Å². The summed E-state index contributed by atoms with van der Waals surface area (Å²) in [6, 6.07) is 0. The molecule has 1 fully saturated rings. The summed E-state index contributed by atoms with van der Waals surface area (Å²) < 4.78 is 0. The highest BCUT2D eigenvalue weighted by Gasteiger charge is 2.64. The van der Waals surface area contributed by atoms with E-state index < -0.39 is 28.2 Å². The summed E-state index contributed by atoms with van der Waals surface area (Å²) in [6.07, 6.45) is 3.75. The fourth-order valence-corrected chi connectivity index (χ4v) is 3.83. The molecule has 0 saturated heterocycles. The summed E-state index contributed by atoms with van der Waals surface area (Å²) in [6.45, 7) is 12.4. The molecule has 0 spiro atoms. The van der Waals surface area contributed by atoms with E-state index in [4.69, 9.17) is 0 Å². The van der Waals surface area contributed by atoms with Crippen LogP contribution in [-0.4, -0.2) is 22.5 Å². The Labute approximate surface area is 129 Å². The first-order chi connectivity index (χ1) is 10.3. The summed E-state index contributed by atoms with van der Waals surface area (Å²) in [5, 5.41) is 10.6. The topological polar surface area (TPSA) is 71.4 Å². The lowest BCUT2D eigenvalue weighted by atomic mass is 9.50. The lowest BCUT2D eigenvalue weighted by Crippen LogP contribution is -2.57. The lowest BCUT2D eigenvalue weighted by molar-refractivity contribution is -0.150. The van der Waals surface area contributed by atoms with Gasteiger partial charge in [0.05, 0.1) is 11.0 Å². The maximum atomic E-state index is 13.1. The van der Waals surface area contributed by atoms with Gasteiger partial charge in [-0.05, 0) is 32.6 Å². The molecule has 2 rings (SSSR count). The minimum Gasteiger partial charge on any atom is -0.510 e. The fourth-order valence-electron chi connectivity index (χ4n) is 3.83. The molecule has 0 aromatic carbocycles. The highest BCUT2D eigenvalue weighted by Crippen LogP contribution is 2.57. The predicted molar refractivity (Wildman–Crippen MR) is 83.2 cm³/mol. The van der Waals surface area contributed by atoms with E-state index >= 15 is 0 Å². The summed E-state index contributed by atoms with van der Waals surface area (Å²) >= 11 is 0. The maximum Gasteiger partial charge on any atom is 0.184 e. The number of hydrogen-bond donors (Lipinski definition) is 1. The summed E-state index contributed by atoms with van der Waals surface area (Å²) in [5.74, 6) is -1.90. The number of Topliss-reactive ketones (excluding diaryl/α,β-unsaturated/α-hetero) is 3. The van der Waals surface area contributed by atoms with E-state index in [9.17, 15) is 19.5 Å². The van der Waals surface area contributed by atoms with Crippen molar-refractivity contribution in [3.05, 3.63) is 48.8 Å². The second kappa shape index (κ2) is 5.20. The summed E-state index contributed by atoms with van der Waals surface area (Å²) in [5.41, 5.74) is -2.20. The number of fused-ring (bicyclic) bond motifs is 2. The van der Waals surface area contributed by atoms with Crippen LogP contribution in [0.1, 0.15) is 32.6 Å². The van der Waals surface area contributed by atoms with Gasteiger partial charge in [-0.1, -0.05) is 24.3 Å². The molecule has 2 aliphatic rings. The molecule has 2 bridgehead atoms.